The number of para-hydroxylation sites is 1. The van der Waals surface area contributed by atoms with Gasteiger partial charge in [-0.15, -0.1) is 4.99 Å². The lowest BCUT2D eigenvalue weighted by atomic mass is 10.0. The number of aliphatic imine (C=N–C) groups is 1. The first-order valence-electron chi connectivity index (χ1n) is 8.53. The van der Waals surface area contributed by atoms with Crippen LogP contribution >= 0.6 is 0 Å². The van der Waals surface area contributed by atoms with Gasteiger partial charge in [0.05, 0.1) is 6.04 Å². The molecule has 26 heavy (non-hydrogen) atoms. The molecule has 0 aromatic heterocycles. The summed E-state index contributed by atoms with van der Waals surface area (Å²) in [5.41, 5.74) is 3.05. The lowest BCUT2D eigenvalue weighted by Crippen LogP contribution is -2.51. The van der Waals surface area contributed by atoms with Gasteiger partial charge in [0, 0.05) is 25.3 Å². The zero-order valence-electron chi connectivity index (χ0n) is 14.7. The van der Waals surface area contributed by atoms with E-state index in [9.17, 15) is 4.79 Å². The summed E-state index contributed by atoms with van der Waals surface area (Å²) in [6.07, 6.45) is 2.78. The van der Waals surface area contributed by atoms with Crippen molar-refractivity contribution in [1.82, 2.24) is 9.80 Å². The normalized spacial score (nSPS) is 17.5. The van der Waals surface area contributed by atoms with Gasteiger partial charge in [0.15, 0.2) is 0 Å². The number of nitrogens with one attached hydrogen (secondary N) is 1. The van der Waals surface area contributed by atoms with Crippen LogP contribution in [0, 0.1) is 18.4 Å². The zero-order chi connectivity index (χ0) is 18.4. The van der Waals surface area contributed by atoms with E-state index in [2.05, 4.69) is 10.3 Å². The van der Waals surface area contributed by atoms with Crippen molar-refractivity contribution in [2.45, 2.75) is 13.0 Å². The van der Waals surface area contributed by atoms with E-state index in [1.165, 1.54) is 0 Å². The van der Waals surface area contributed by atoms with Gasteiger partial charge in [-0.1, -0.05) is 48.5 Å². The molecule has 0 saturated carbocycles. The van der Waals surface area contributed by atoms with E-state index in [0.29, 0.717) is 25.6 Å². The van der Waals surface area contributed by atoms with Gasteiger partial charge in [0.2, 0.25) is 18.6 Å². The van der Waals surface area contributed by atoms with E-state index in [4.69, 9.17) is 5.26 Å². The summed E-state index contributed by atoms with van der Waals surface area (Å²) in [5, 5.41) is 12.4. The molecule has 2 aromatic carbocycles. The number of aryl methyl sites for hydroxylation is 1. The highest BCUT2D eigenvalue weighted by atomic mass is 16.1. The van der Waals surface area contributed by atoms with Crippen LogP contribution in [0.2, 0.25) is 0 Å². The summed E-state index contributed by atoms with van der Waals surface area (Å²) < 4.78 is 0. The van der Waals surface area contributed by atoms with E-state index in [1.54, 1.807) is 4.90 Å². The van der Waals surface area contributed by atoms with E-state index in [-0.39, 0.29) is 6.04 Å². The Bertz CT molecular complexity index is 828. The number of benzene rings is 2. The summed E-state index contributed by atoms with van der Waals surface area (Å²) in [4.78, 5) is 19.3. The number of piperazine rings is 1. The Kier molecular flexibility index (Phi) is 5.49. The number of carbonyl (C=O) groups excluding carboxylic acids is 1. The van der Waals surface area contributed by atoms with Crippen LogP contribution < -0.4 is 5.32 Å². The minimum absolute atomic E-state index is 0.0787. The fourth-order valence-corrected chi connectivity index (χ4v) is 3.15. The van der Waals surface area contributed by atoms with Crippen molar-refractivity contribution < 1.29 is 4.79 Å². The van der Waals surface area contributed by atoms with E-state index in [0.717, 1.165) is 23.2 Å². The first kappa shape index (κ1) is 17.5. The minimum atomic E-state index is -0.0787. The highest BCUT2D eigenvalue weighted by Gasteiger charge is 2.29. The van der Waals surface area contributed by atoms with Gasteiger partial charge in [0.1, 0.15) is 0 Å². The van der Waals surface area contributed by atoms with Crippen molar-refractivity contribution in [3.8, 4) is 6.19 Å². The van der Waals surface area contributed by atoms with Crippen LogP contribution in [0.1, 0.15) is 17.2 Å². The van der Waals surface area contributed by atoms with Crippen LogP contribution in [0.4, 0.5) is 5.69 Å². The second-order valence-electron chi connectivity index (χ2n) is 6.19. The monoisotopic (exact) mass is 347 g/mol. The maximum atomic E-state index is 11.5. The molecule has 1 heterocycles. The molecule has 0 radical (unpaired) electrons. The number of nitrogens with zero attached hydrogens (tertiary/aromatic N) is 4. The molecule has 1 unspecified atom stereocenters. The highest BCUT2D eigenvalue weighted by Crippen LogP contribution is 2.25. The highest BCUT2D eigenvalue weighted by molar-refractivity contribution is 5.95. The van der Waals surface area contributed by atoms with Crippen molar-refractivity contribution >= 4 is 18.1 Å². The number of hydrogen-bond donors (Lipinski definition) is 1. The molecule has 2 aromatic rings. The second kappa shape index (κ2) is 8.17. The Balaban J connectivity index is 1.84. The fraction of sp³-hybridized carbons (Fsp3) is 0.250. The molecule has 1 amide bonds. The third-order valence-electron chi connectivity index (χ3n) is 4.59. The van der Waals surface area contributed by atoms with Crippen molar-refractivity contribution in [3.63, 3.8) is 0 Å². The van der Waals surface area contributed by atoms with Crippen molar-refractivity contribution in [1.29, 1.82) is 5.26 Å². The summed E-state index contributed by atoms with van der Waals surface area (Å²) in [7, 11) is 0. The Morgan fingerprint density at radius 3 is 2.62 bits per heavy atom. The summed E-state index contributed by atoms with van der Waals surface area (Å²) in [5.74, 6) is 0.508. The zero-order valence-corrected chi connectivity index (χ0v) is 14.7. The quantitative estimate of drug-likeness (QED) is 0.401. The standard InChI is InChI=1S/C20H21N5O/c1-16-7-5-6-10-18(16)23-20(22-14-21)24-11-12-25(15-26)19(13-24)17-8-3-2-4-9-17/h2-10,15,19H,11-13H2,1H3,(H,22,23). The molecule has 132 valence electrons. The minimum Gasteiger partial charge on any atom is -0.338 e. The smallest absolute Gasteiger partial charge is 0.214 e. The number of anilines is 1. The second-order valence-corrected chi connectivity index (χ2v) is 6.19. The van der Waals surface area contributed by atoms with Crippen LogP contribution in [-0.4, -0.2) is 41.8 Å². The molecule has 1 aliphatic rings. The summed E-state index contributed by atoms with van der Waals surface area (Å²) in [6.45, 7) is 3.76. The van der Waals surface area contributed by atoms with Gasteiger partial charge in [-0.2, -0.15) is 5.26 Å². The van der Waals surface area contributed by atoms with Gasteiger partial charge in [-0.25, -0.2) is 0 Å². The number of guanidine groups is 1. The Labute approximate surface area is 153 Å². The van der Waals surface area contributed by atoms with Crippen molar-refractivity contribution in [2.75, 3.05) is 25.0 Å². The molecule has 3 rings (SSSR count). The van der Waals surface area contributed by atoms with Gasteiger partial charge >= 0.3 is 0 Å². The first-order valence-corrected chi connectivity index (χ1v) is 8.53. The number of rotatable bonds is 3. The molecular formula is C20H21N5O. The summed E-state index contributed by atoms with van der Waals surface area (Å²) in [6, 6.07) is 17.7. The average molecular weight is 347 g/mol. The molecule has 0 aliphatic carbocycles. The molecule has 1 fully saturated rings. The maximum Gasteiger partial charge on any atom is 0.214 e. The number of amides is 1. The van der Waals surface area contributed by atoms with Gasteiger partial charge in [-0.05, 0) is 24.1 Å². The molecular weight excluding hydrogens is 326 g/mol. The molecule has 1 atom stereocenters. The lowest BCUT2D eigenvalue weighted by Gasteiger charge is -2.40. The molecule has 0 bridgehead atoms. The van der Waals surface area contributed by atoms with Crippen LogP contribution in [0.5, 0.6) is 0 Å². The predicted octanol–water partition coefficient (Wildman–Crippen LogP) is 2.76. The van der Waals surface area contributed by atoms with Crippen LogP contribution in [0.3, 0.4) is 0 Å². The molecule has 0 spiro atoms. The lowest BCUT2D eigenvalue weighted by molar-refractivity contribution is -0.122. The number of carbonyl (C=O) groups is 1. The molecule has 1 aliphatic heterocycles. The Hall–Kier alpha value is -3.33. The SMILES string of the molecule is Cc1ccccc1N/C(=N/C#N)N1CCN(C=O)C(c2ccccc2)C1. The first-order chi connectivity index (χ1) is 12.7. The van der Waals surface area contributed by atoms with Crippen LogP contribution in [0.25, 0.3) is 0 Å². The molecule has 6 nitrogen and oxygen atoms in total. The average Bonchev–Trinajstić information content (AvgIpc) is 2.69. The molecule has 1 N–H and O–H groups in total. The van der Waals surface area contributed by atoms with Gasteiger partial charge in [0.25, 0.3) is 0 Å². The summed E-state index contributed by atoms with van der Waals surface area (Å²) >= 11 is 0. The van der Waals surface area contributed by atoms with Crippen LogP contribution in [0.15, 0.2) is 59.6 Å². The Morgan fingerprint density at radius 2 is 1.92 bits per heavy atom. The Morgan fingerprint density at radius 1 is 1.19 bits per heavy atom. The van der Waals surface area contributed by atoms with E-state index < -0.39 is 0 Å². The number of nitriles is 1. The van der Waals surface area contributed by atoms with E-state index in [1.807, 2.05) is 72.6 Å². The van der Waals surface area contributed by atoms with Crippen LogP contribution in [-0.2, 0) is 4.79 Å². The van der Waals surface area contributed by atoms with E-state index >= 15 is 0 Å². The molecule has 1 saturated heterocycles. The van der Waals surface area contributed by atoms with Crippen molar-refractivity contribution in [2.24, 2.45) is 4.99 Å². The largest absolute Gasteiger partial charge is 0.338 e. The maximum absolute atomic E-state index is 11.5. The van der Waals surface area contributed by atoms with Gasteiger partial charge in [-0.3, -0.25) is 4.79 Å². The van der Waals surface area contributed by atoms with Gasteiger partial charge < -0.3 is 15.1 Å². The van der Waals surface area contributed by atoms with Crippen molar-refractivity contribution in [3.05, 3.63) is 65.7 Å². The predicted molar refractivity (Wildman–Crippen MR) is 101 cm³/mol. The third-order valence-corrected chi connectivity index (χ3v) is 4.59. The molecule has 6 heteroatoms. The third kappa shape index (κ3) is 3.83. The number of hydrogen-bond acceptors (Lipinski definition) is 3. The fourth-order valence-electron chi connectivity index (χ4n) is 3.15. The topological polar surface area (TPSA) is 71.7 Å².